The molecule has 1 saturated heterocycles. The first-order valence-corrected chi connectivity index (χ1v) is 10.8. The highest BCUT2D eigenvalue weighted by molar-refractivity contribution is 7.80. The van der Waals surface area contributed by atoms with Gasteiger partial charge < -0.3 is 19.5 Å². The van der Waals surface area contributed by atoms with Crippen LogP contribution < -0.4 is 5.32 Å². The molecule has 0 aromatic carbocycles. The van der Waals surface area contributed by atoms with Gasteiger partial charge in [0.2, 0.25) is 0 Å². The van der Waals surface area contributed by atoms with Crippen LogP contribution in [0.15, 0.2) is 42.7 Å². The Balaban J connectivity index is 1.65. The van der Waals surface area contributed by atoms with Crippen LogP contribution in [0, 0.1) is 0 Å². The minimum atomic E-state index is -0.185. The van der Waals surface area contributed by atoms with E-state index in [0.29, 0.717) is 25.4 Å². The number of pyridine rings is 1. The van der Waals surface area contributed by atoms with Gasteiger partial charge in [0.05, 0.1) is 24.9 Å². The Hall–Kier alpha value is -2.41. The third kappa shape index (κ3) is 4.15. The van der Waals surface area contributed by atoms with Crippen LogP contribution in [0.4, 0.5) is 0 Å². The summed E-state index contributed by atoms with van der Waals surface area (Å²) in [6.45, 7) is 0.699. The minimum absolute atomic E-state index is 0.0168. The molecule has 0 bridgehead atoms. The lowest BCUT2D eigenvalue weighted by Gasteiger charge is -2.30. The van der Waals surface area contributed by atoms with Crippen molar-refractivity contribution in [3.05, 3.63) is 54.1 Å². The van der Waals surface area contributed by atoms with Crippen molar-refractivity contribution >= 4 is 23.3 Å². The Morgan fingerprint density at radius 2 is 2.10 bits per heavy atom. The van der Waals surface area contributed by atoms with E-state index in [1.165, 1.54) is 38.5 Å². The fraction of sp³-hybridized carbons (Fsp3) is 0.500. The van der Waals surface area contributed by atoms with Crippen LogP contribution >= 0.6 is 12.2 Å². The van der Waals surface area contributed by atoms with Crippen molar-refractivity contribution in [3.8, 4) is 0 Å². The molecule has 1 aliphatic carbocycles. The summed E-state index contributed by atoms with van der Waals surface area (Å²) >= 11 is 5.72. The van der Waals surface area contributed by atoms with Crippen molar-refractivity contribution in [1.82, 2.24) is 19.8 Å². The molecular weight excluding hydrogens is 384 g/mol. The van der Waals surface area contributed by atoms with E-state index in [-0.39, 0.29) is 18.1 Å². The van der Waals surface area contributed by atoms with E-state index in [0.717, 1.165) is 10.8 Å². The number of aromatic nitrogens is 2. The van der Waals surface area contributed by atoms with Crippen LogP contribution in [-0.2, 0) is 9.53 Å². The van der Waals surface area contributed by atoms with Gasteiger partial charge in [-0.3, -0.25) is 9.78 Å². The van der Waals surface area contributed by atoms with E-state index in [2.05, 4.69) is 38.1 Å². The fourth-order valence-electron chi connectivity index (χ4n) is 4.64. The van der Waals surface area contributed by atoms with Crippen LogP contribution in [0.2, 0.25) is 0 Å². The summed E-state index contributed by atoms with van der Waals surface area (Å²) in [4.78, 5) is 18.4. The van der Waals surface area contributed by atoms with Gasteiger partial charge in [-0.25, -0.2) is 0 Å². The van der Waals surface area contributed by atoms with Gasteiger partial charge in [0.1, 0.15) is 0 Å². The van der Waals surface area contributed by atoms with Crippen molar-refractivity contribution in [2.24, 2.45) is 0 Å². The van der Waals surface area contributed by atoms with E-state index in [1.54, 1.807) is 0 Å². The molecule has 2 fully saturated rings. The van der Waals surface area contributed by atoms with Crippen LogP contribution in [0.5, 0.6) is 0 Å². The molecule has 0 amide bonds. The van der Waals surface area contributed by atoms with Crippen molar-refractivity contribution in [1.29, 1.82) is 0 Å². The Labute approximate surface area is 177 Å². The summed E-state index contributed by atoms with van der Waals surface area (Å²) in [5, 5.41) is 4.21. The zero-order valence-corrected chi connectivity index (χ0v) is 17.6. The Kier molecular flexibility index (Phi) is 6.13. The van der Waals surface area contributed by atoms with Crippen molar-refractivity contribution in [3.63, 3.8) is 0 Å². The number of ether oxygens (including phenoxy) is 1. The first-order chi connectivity index (χ1) is 14.2. The highest BCUT2D eigenvalue weighted by Crippen LogP contribution is 2.41. The van der Waals surface area contributed by atoms with Crippen LogP contribution in [0.25, 0.3) is 0 Å². The van der Waals surface area contributed by atoms with Crippen LogP contribution in [0.3, 0.4) is 0 Å². The molecule has 3 heterocycles. The molecule has 0 radical (unpaired) electrons. The first kappa shape index (κ1) is 19.9. The van der Waals surface area contributed by atoms with Gasteiger partial charge in [-0.2, -0.15) is 0 Å². The summed E-state index contributed by atoms with van der Waals surface area (Å²) in [5.41, 5.74) is 2.24. The lowest BCUT2D eigenvalue weighted by Crippen LogP contribution is -2.32. The monoisotopic (exact) mass is 412 g/mol. The molecule has 154 valence electrons. The standard InChI is InChI=1S/C22H28N4O2S/c1-28-19(27)12-7-15-26-21(18-11-6-14-25(18)16-8-2-3-9-16)20(24-22(26)29)17-10-4-5-13-23-17/h4-6,10-11,13-14,16,20-21H,2-3,7-9,12,15H2,1H3,(H,24,29)/t20-,21+/m0/s1. The number of nitrogens with one attached hydrogen (secondary N) is 1. The summed E-state index contributed by atoms with van der Waals surface area (Å²) in [6, 6.07) is 10.9. The average molecular weight is 413 g/mol. The third-order valence-corrected chi connectivity index (χ3v) is 6.39. The van der Waals surface area contributed by atoms with Crippen LogP contribution in [0.1, 0.15) is 68.0 Å². The quantitative estimate of drug-likeness (QED) is 0.549. The summed E-state index contributed by atoms with van der Waals surface area (Å²) < 4.78 is 7.24. The van der Waals surface area contributed by atoms with Gasteiger partial charge in [-0.15, -0.1) is 0 Å². The summed E-state index contributed by atoms with van der Waals surface area (Å²) in [6.07, 6.45) is 10.1. The molecule has 2 aliphatic rings. The van der Waals surface area contributed by atoms with Gasteiger partial charge >= 0.3 is 5.97 Å². The molecule has 29 heavy (non-hydrogen) atoms. The summed E-state index contributed by atoms with van der Waals surface area (Å²) in [5.74, 6) is -0.185. The Bertz CT molecular complexity index is 848. The molecule has 2 aromatic rings. The van der Waals surface area contributed by atoms with E-state index in [4.69, 9.17) is 17.0 Å². The number of esters is 1. The Morgan fingerprint density at radius 1 is 1.28 bits per heavy atom. The predicted molar refractivity (Wildman–Crippen MR) is 115 cm³/mol. The second-order valence-electron chi connectivity index (χ2n) is 7.78. The number of carbonyl (C=O) groups is 1. The number of methoxy groups -OCH3 is 1. The first-order valence-electron chi connectivity index (χ1n) is 10.4. The molecule has 7 heteroatoms. The van der Waals surface area contributed by atoms with E-state index < -0.39 is 0 Å². The molecule has 1 aliphatic heterocycles. The predicted octanol–water partition coefficient (Wildman–Crippen LogP) is 3.92. The number of hydrogen-bond donors (Lipinski definition) is 1. The molecule has 0 spiro atoms. The maximum Gasteiger partial charge on any atom is 0.305 e. The van der Waals surface area contributed by atoms with Gasteiger partial charge in [0.15, 0.2) is 5.11 Å². The van der Waals surface area contributed by atoms with Gasteiger partial charge in [-0.1, -0.05) is 18.9 Å². The molecule has 1 saturated carbocycles. The second kappa shape index (κ2) is 8.95. The number of nitrogens with zero attached hydrogens (tertiary/aromatic N) is 3. The Morgan fingerprint density at radius 3 is 2.83 bits per heavy atom. The molecule has 4 rings (SSSR count). The van der Waals surface area contributed by atoms with E-state index >= 15 is 0 Å². The largest absolute Gasteiger partial charge is 0.469 e. The molecule has 2 aromatic heterocycles. The number of rotatable bonds is 7. The highest BCUT2D eigenvalue weighted by Gasteiger charge is 2.41. The lowest BCUT2D eigenvalue weighted by atomic mass is 10.0. The molecule has 2 atom stereocenters. The normalized spacial score (nSPS) is 22.1. The van der Waals surface area contributed by atoms with Gasteiger partial charge in [-0.05, 0) is 55.7 Å². The molecular formula is C22H28N4O2S. The smallest absolute Gasteiger partial charge is 0.305 e. The van der Waals surface area contributed by atoms with Crippen molar-refractivity contribution < 1.29 is 9.53 Å². The van der Waals surface area contributed by atoms with Crippen LogP contribution in [-0.4, -0.2) is 39.2 Å². The van der Waals surface area contributed by atoms with Gasteiger partial charge in [0.25, 0.3) is 0 Å². The molecule has 1 N–H and O–H groups in total. The highest BCUT2D eigenvalue weighted by atomic mass is 32.1. The fourth-order valence-corrected chi connectivity index (χ4v) is 4.97. The maximum absolute atomic E-state index is 11.6. The molecule has 0 unspecified atom stereocenters. The minimum Gasteiger partial charge on any atom is -0.469 e. The topological polar surface area (TPSA) is 59.4 Å². The summed E-state index contributed by atoms with van der Waals surface area (Å²) in [7, 11) is 1.43. The number of thiocarbonyl (C=S) groups is 1. The van der Waals surface area contributed by atoms with Crippen molar-refractivity contribution in [2.45, 2.75) is 56.7 Å². The number of carbonyl (C=O) groups excluding carboxylic acids is 1. The zero-order chi connectivity index (χ0) is 20.2. The number of hydrogen-bond acceptors (Lipinski definition) is 4. The van der Waals surface area contributed by atoms with E-state index in [9.17, 15) is 4.79 Å². The molecule has 6 nitrogen and oxygen atoms in total. The van der Waals surface area contributed by atoms with Gasteiger partial charge in [0, 0.05) is 37.1 Å². The lowest BCUT2D eigenvalue weighted by molar-refractivity contribution is -0.140. The SMILES string of the molecule is COC(=O)CCCN1C(=S)N[C@@H](c2ccccn2)[C@H]1c1cccn1C1CCCC1. The zero-order valence-electron chi connectivity index (χ0n) is 16.8. The van der Waals surface area contributed by atoms with Crippen molar-refractivity contribution in [2.75, 3.05) is 13.7 Å². The maximum atomic E-state index is 11.6. The third-order valence-electron chi connectivity index (χ3n) is 6.04. The van der Waals surface area contributed by atoms with E-state index in [1.807, 2.05) is 24.4 Å². The second-order valence-corrected chi connectivity index (χ2v) is 8.16. The average Bonchev–Trinajstić information content (AvgIpc) is 3.48.